The van der Waals surface area contributed by atoms with Crippen molar-refractivity contribution in [1.82, 2.24) is 4.90 Å². The molecule has 3 heteroatoms. The van der Waals surface area contributed by atoms with Gasteiger partial charge in [-0.05, 0) is 25.5 Å². The minimum Gasteiger partial charge on any atom is -0.317 e. The van der Waals surface area contributed by atoms with Crippen molar-refractivity contribution in [3.63, 3.8) is 0 Å². The predicted octanol–water partition coefficient (Wildman–Crippen LogP) is 5.11. The van der Waals surface area contributed by atoms with Crippen LogP contribution in [0.15, 0.2) is 83.3 Å². The van der Waals surface area contributed by atoms with Crippen LogP contribution in [0, 0.1) is 0 Å². The third kappa shape index (κ3) is 2.51. The molecule has 0 aromatic heterocycles. The highest BCUT2D eigenvalue weighted by Crippen LogP contribution is 2.47. The smallest absolute Gasteiger partial charge is 0.148 e. The van der Waals surface area contributed by atoms with Crippen LogP contribution in [-0.2, 0) is 0 Å². The molecular weight excluding hydrogens is 300 g/mol. The lowest BCUT2D eigenvalue weighted by atomic mass is 10.1. The molecule has 4 rings (SSSR count). The van der Waals surface area contributed by atoms with Crippen molar-refractivity contribution in [1.29, 1.82) is 0 Å². The van der Waals surface area contributed by atoms with Crippen LogP contribution in [0.4, 0.5) is 0 Å². The quantitative estimate of drug-likeness (QED) is 0.764. The molecule has 0 amide bonds. The van der Waals surface area contributed by atoms with Crippen molar-refractivity contribution in [3.05, 3.63) is 89.4 Å². The Balaban J connectivity index is 1.86. The Morgan fingerprint density at radius 1 is 0.913 bits per heavy atom. The van der Waals surface area contributed by atoms with Crippen LogP contribution in [0.5, 0.6) is 0 Å². The van der Waals surface area contributed by atoms with Crippen molar-refractivity contribution in [2.75, 3.05) is 0 Å². The second kappa shape index (κ2) is 5.74. The molecule has 0 saturated carbocycles. The molecule has 2 aliphatic heterocycles. The minimum absolute atomic E-state index is 0.373. The summed E-state index contributed by atoms with van der Waals surface area (Å²) >= 11 is 1.88. The van der Waals surface area contributed by atoms with Gasteiger partial charge in [-0.15, -0.1) is 0 Å². The number of thioether (sulfide) groups is 1. The highest BCUT2D eigenvalue weighted by atomic mass is 32.2. The molecule has 1 unspecified atom stereocenters. The maximum absolute atomic E-state index is 5.00. The van der Waals surface area contributed by atoms with E-state index in [4.69, 9.17) is 4.99 Å². The van der Waals surface area contributed by atoms with Crippen molar-refractivity contribution < 1.29 is 0 Å². The van der Waals surface area contributed by atoms with E-state index in [-0.39, 0.29) is 0 Å². The van der Waals surface area contributed by atoms with Crippen LogP contribution in [0.1, 0.15) is 25.0 Å². The Labute approximate surface area is 141 Å². The average molecular weight is 318 g/mol. The van der Waals surface area contributed by atoms with Crippen LogP contribution in [0.3, 0.4) is 0 Å². The molecule has 0 aliphatic carbocycles. The van der Waals surface area contributed by atoms with Gasteiger partial charge in [-0.25, -0.2) is 4.99 Å². The zero-order valence-corrected chi connectivity index (χ0v) is 14.0. The third-order valence-electron chi connectivity index (χ3n) is 4.14. The lowest BCUT2D eigenvalue weighted by molar-refractivity contribution is 0.425. The maximum atomic E-state index is 5.00. The predicted molar refractivity (Wildman–Crippen MR) is 99.0 cm³/mol. The monoisotopic (exact) mass is 318 g/mol. The highest BCUT2D eigenvalue weighted by molar-refractivity contribution is 8.09. The molecule has 0 fully saturated rings. The number of rotatable bonds is 2. The van der Waals surface area contributed by atoms with Gasteiger partial charge in [-0.3, -0.25) is 0 Å². The number of fused-ring (bicyclic) bond motifs is 1. The lowest BCUT2D eigenvalue weighted by Gasteiger charge is -2.28. The van der Waals surface area contributed by atoms with Gasteiger partial charge >= 0.3 is 0 Å². The summed E-state index contributed by atoms with van der Waals surface area (Å²) < 4.78 is 0. The molecule has 1 atom stereocenters. The number of aliphatic imine (C=N–C) groups is 1. The fourth-order valence-electron chi connectivity index (χ4n) is 3.07. The lowest BCUT2D eigenvalue weighted by Crippen LogP contribution is -2.27. The van der Waals surface area contributed by atoms with Gasteiger partial charge < -0.3 is 4.90 Å². The van der Waals surface area contributed by atoms with E-state index in [1.54, 1.807) is 0 Å². The first kappa shape index (κ1) is 14.3. The average Bonchev–Trinajstić information content (AvgIpc) is 2.94. The Morgan fingerprint density at radius 2 is 1.52 bits per heavy atom. The topological polar surface area (TPSA) is 15.6 Å². The zero-order valence-electron chi connectivity index (χ0n) is 13.2. The van der Waals surface area contributed by atoms with Gasteiger partial charge in [-0.1, -0.05) is 72.4 Å². The van der Waals surface area contributed by atoms with Crippen LogP contribution in [0.2, 0.25) is 0 Å². The molecule has 0 spiro atoms. The molecule has 2 nitrogen and oxygen atoms in total. The number of allylic oxidation sites excluding steroid dienone is 2. The summed E-state index contributed by atoms with van der Waals surface area (Å²) in [7, 11) is 0. The normalized spacial score (nSPS) is 20.3. The number of hydrogen-bond donors (Lipinski definition) is 0. The van der Waals surface area contributed by atoms with E-state index in [1.807, 2.05) is 17.8 Å². The van der Waals surface area contributed by atoms with Crippen LogP contribution >= 0.6 is 11.8 Å². The molecule has 2 aromatic carbocycles. The SMILES string of the molecule is CC1=CC(c2ccccc2)=NC2=C(c3ccccc3)SC(C)N12. The van der Waals surface area contributed by atoms with Gasteiger partial charge in [0.1, 0.15) is 5.82 Å². The summed E-state index contributed by atoms with van der Waals surface area (Å²) in [5.74, 6) is 1.08. The first-order valence-corrected chi connectivity index (χ1v) is 8.70. The number of hydrogen-bond acceptors (Lipinski definition) is 3. The Kier molecular flexibility index (Phi) is 3.58. The molecule has 0 bridgehead atoms. The second-order valence-electron chi connectivity index (χ2n) is 5.75. The molecule has 2 aliphatic rings. The molecular formula is C20H18N2S. The van der Waals surface area contributed by atoms with E-state index in [2.05, 4.69) is 79.4 Å². The largest absolute Gasteiger partial charge is 0.317 e. The first-order valence-electron chi connectivity index (χ1n) is 7.82. The fraction of sp³-hybridized carbons (Fsp3) is 0.150. The fourth-order valence-corrected chi connectivity index (χ4v) is 4.31. The Morgan fingerprint density at radius 3 is 2.17 bits per heavy atom. The first-order chi connectivity index (χ1) is 11.2. The minimum atomic E-state index is 0.373. The highest BCUT2D eigenvalue weighted by Gasteiger charge is 2.33. The zero-order chi connectivity index (χ0) is 15.8. The van der Waals surface area contributed by atoms with Gasteiger partial charge in [0.15, 0.2) is 0 Å². The number of nitrogens with zero attached hydrogens (tertiary/aromatic N) is 2. The summed E-state index contributed by atoms with van der Waals surface area (Å²) in [4.78, 5) is 8.59. The van der Waals surface area contributed by atoms with Gasteiger partial charge in [0.05, 0.1) is 16.0 Å². The third-order valence-corrected chi connectivity index (χ3v) is 5.35. The maximum Gasteiger partial charge on any atom is 0.148 e. The summed E-state index contributed by atoms with van der Waals surface area (Å²) in [5.41, 5.74) is 4.70. The van der Waals surface area contributed by atoms with Gasteiger partial charge in [-0.2, -0.15) is 0 Å². The molecule has 0 N–H and O–H groups in total. The Hall–Kier alpha value is -2.26. The van der Waals surface area contributed by atoms with Crippen LogP contribution in [-0.4, -0.2) is 16.0 Å². The number of benzene rings is 2. The molecule has 2 aromatic rings. The van der Waals surface area contributed by atoms with E-state index >= 15 is 0 Å². The van der Waals surface area contributed by atoms with E-state index in [0.29, 0.717) is 5.37 Å². The van der Waals surface area contributed by atoms with Crippen molar-refractivity contribution in [2.45, 2.75) is 19.2 Å². The van der Waals surface area contributed by atoms with Gasteiger partial charge in [0.2, 0.25) is 0 Å². The van der Waals surface area contributed by atoms with Crippen LogP contribution in [0.25, 0.3) is 4.91 Å². The summed E-state index contributed by atoms with van der Waals surface area (Å²) in [5, 5.41) is 0.373. The molecule has 0 saturated heterocycles. The van der Waals surface area contributed by atoms with E-state index in [0.717, 1.165) is 17.1 Å². The second-order valence-corrected chi connectivity index (χ2v) is 7.08. The molecule has 0 radical (unpaired) electrons. The van der Waals surface area contributed by atoms with Crippen molar-refractivity contribution in [2.24, 2.45) is 4.99 Å². The van der Waals surface area contributed by atoms with E-state index in [9.17, 15) is 0 Å². The molecule has 23 heavy (non-hydrogen) atoms. The van der Waals surface area contributed by atoms with Crippen molar-refractivity contribution >= 4 is 22.4 Å². The van der Waals surface area contributed by atoms with E-state index in [1.165, 1.54) is 16.2 Å². The molecule has 2 heterocycles. The van der Waals surface area contributed by atoms with Crippen LogP contribution < -0.4 is 0 Å². The Bertz CT molecular complexity index is 819. The van der Waals surface area contributed by atoms with Gasteiger partial charge in [0.25, 0.3) is 0 Å². The standard InChI is InChI=1S/C20H18N2S/c1-14-13-18(16-9-5-3-6-10-16)21-20-19(23-15(2)22(14)20)17-11-7-4-8-12-17/h3-13,15H,1-2H3. The van der Waals surface area contributed by atoms with Crippen molar-refractivity contribution in [3.8, 4) is 0 Å². The summed E-state index contributed by atoms with van der Waals surface area (Å²) in [6.45, 7) is 4.41. The van der Waals surface area contributed by atoms with Gasteiger partial charge in [0, 0.05) is 11.3 Å². The van der Waals surface area contributed by atoms with E-state index < -0.39 is 0 Å². The molecule has 114 valence electrons. The summed E-state index contributed by atoms with van der Waals surface area (Å²) in [6.07, 6.45) is 2.18. The summed E-state index contributed by atoms with van der Waals surface area (Å²) in [6, 6.07) is 21.0.